The van der Waals surface area contributed by atoms with Gasteiger partial charge in [0.05, 0.1) is 32.8 Å². The van der Waals surface area contributed by atoms with E-state index in [0.717, 1.165) is 6.42 Å². The second-order valence-corrected chi connectivity index (χ2v) is 4.29. The first-order chi connectivity index (χ1) is 9.06. The van der Waals surface area contributed by atoms with E-state index in [1.54, 1.807) is 0 Å². The zero-order chi connectivity index (χ0) is 14.0. The topological polar surface area (TPSA) is 87.9 Å². The van der Waals surface area contributed by atoms with Gasteiger partial charge in [-0.15, -0.1) is 0 Å². The van der Waals surface area contributed by atoms with Crippen molar-refractivity contribution >= 4 is 11.9 Å². The van der Waals surface area contributed by atoms with Crippen LogP contribution < -0.4 is 0 Å². The average molecular weight is 269 g/mol. The van der Waals surface area contributed by atoms with E-state index >= 15 is 0 Å². The molecule has 1 aliphatic heterocycles. The molecule has 0 amide bonds. The van der Waals surface area contributed by atoms with Crippen LogP contribution in [-0.2, 0) is 14.2 Å². The lowest BCUT2D eigenvalue weighted by atomic mass is 10.1. The van der Waals surface area contributed by atoms with Crippen molar-refractivity contribution in [2.45, 2.75) is 25.4 Å². The molecule has 0 radical (unpaired) electrons. The van der Waals surface area contributed by atoms with Gasteiger partial charge in [-0.3, -0.25) is 0 Å². The number of hydrogen-bond donors (Lipinski definition) is 0. The van der Waals surface area contributed by atoms with Gasteiger partial charge in [-0.25, -0.2) is 14.6 Å². The molecule has 1 aromatic rings. The highest BCUT2D eigenvalue weighted by Crippen LogP contribution is 2.30. The summed E-state index contributed by atoms with van der Waals surface area (Å²) < 4.78 is 19.9. The Morgan fingerprint density at radius 2 is 1.95 bits per heavy atom. The van der Waals surface area contributed by atoms with Crippen molar-refractivity contribution in [2.75, 3.05) is 20.8 Å². The van der Waals surface area contributed by atoms with Crippen molar-refractivity contribution in [1.82, 2.24) is 4.98 Å². The molecule has 2 rings (SSSR count). The van der Waals surface area contributed by atoms with E-state index in [9.17, 15) is 9.59 Å². The van der Waals surface area contributed by atoms with E-state index in [4.69, 9.17) is 9.15 Å². The number of esters is 2. The fourth-order valence-corrected chi connectivity index (χ4v) is 1.97. The van der Waals surface area contributed by atoms with Gasteiger partial charge in [-0.1, -0.05) is 0 Å². The standard InChI is InChI=1S/C12H15NO6/c1-6-4-7(5-18-6)10-13-8(11(14)16-2)9(19-10)12(15)17-3/h6-7H,4-5H2,1-3H3. The molecule has 0 spiro atoms. The molecular weight excluding hydrogens is 254 g/mol. The normalized spacial score (nSPS) is 22.3. The quantitative estimate of drug-likeness (QED) is 0.760. The smallest absolute Gasteiger partial charge is 0.376 e. The maximum atomic E-state index is 11.6. The lowest BCUT2D eigenvalue weighted by molar-refractivity contribution is 0.0525. The van der Waals surface area contributed by atoms with Crippen molar-refractivity contribution in [3.8, 4) is 0 Å². The molecule has 7 nitrogen and oxygen atoms in total. The SMILES string of the molecule is COC(=O)c1nc(C2COC(C)C2)oc1C(=O)OC. The Hall–Kier alpha value is -1.89. The van der Waals surface area contributed by atoms with Crippen LogP contribution in [0.4, 0.5) is 0 Å². The Morgan fingerprint density at radius 1 is 1.26 bits per heavy atom. The van der Waals surface area contributed by atoms with Crippen molar-refractivity contribution in [3.63, 3.8) is 0 Å². The van der Waals surface area contributed by atoms with E-state index in [2.05, 4.69) is 14.5 Å². The highest BCUT2D eigenvalue weighted by atomic mass is 16.5. The molecule has 104 valence electrons. The van der Waals surface area contributed by atoms with Crippen LogP contribution in [0.5, 0.6) is 0 Å². The molecule has 0 N–H and O–H groups in total. The molecule has 0 aliphatic carbocycles. The third-order valence-corrected chi connectivity index (χ3v) is 2.94. The number of aromatic nitrogens is 1. The lowest BCUT2D eigenvalue weighted by Gasteiger charge is -2.00. The Labute approximate surface area is 109 Å². The van der Waals surface area contributed by atoms with Crippen molar-refractivity contribution < 1.29 is 28.2 Å². The number of rotatable bonds is 3. The number of nitrogens with zero attached hydrogens (tertiary/aromatic N) is 1. The second-order valence-electron chi connectivity index (χ2n) is 4.29. The van der Waals surface area contributed by atoms with Gasteiger partial charge in [0.25, 0.3) is 0 Å². The number of carbonyl (C=O) groups is 2. The van der Waals surface area contributed by atoms with E-state index < -0.39 is 11.9 Å². The number of ether oxygens (including phenoxy) is 3. The summed E-state index contributed by atoms with van der Waals surface area (Å²) in [7, 11) is 2.41. The van der Waals surface area contributed by atoms with Gasteiger partial charge in [0.2, 0.25) is 17.3 Å². The summed E-state index contributed by atoms with van der Waals surface area (Å²) in [5, 5.41) is 0. The lowest BCUT2D eigenvalue weighted by Crippen LogP contribution is -2.10. The Bertz CT molecular complexity index is 461. The molecule has 2 unspecified atom stereocenters. The third-order valence-electron chi connectivity index (χ3n) is 2.94. The minimum absolute atomic E-state index is 0.0724. The number of oxazole rings is 1. The van der Waals surface area contributed by atoms with Gasteiger partial charge in [0.15, 0.2) is 0 Å². The summed E-state index contributed by atoms with van der Waals surface area (Å²) in [6.07, 6.45) is 0.821. The van der Waals surface area contributed by atoms with E-state index in [1.807, 2.05) is 6.92 Å². The van der Waals surface area contributed by atoms with Crippen LogP contribution in [0.2, 0.25) is 0 Å². The maximum absolute atomic E-state index is 11.6. The Balaban J connectivity index is 2.34. The second kappa shape index (κ2) is 5.40. The largest absolute Gasteiger partial charge is 0.464 e. The summed E-state index contributed by atoms with van der Waals surface area (Å²) >= 11 is 0. The van der Waals surface area contributed by atoms with Crippen LogP contribution in [0, 0.1) is 0 Å². The van der Waals surface area contributed by atoms with Crippen LogP contribution in [0.25, 0.3) is 0 Å². The number of hydrogen-bond acceptors (Lipinski definition) is 7. The van der Waals surface area contributed by atoms with Gasteiger partial charge in [0.1, 0.15) is 0 Å². The van der Waals surface area contributed by atoms with Crippen molar-refractivity contribution in [3.05, 3.63) is 17.3 Å². The summed E-state index contributed by atoms with van der Waals surface area (Å²) in [5.74, 6) is -1.50. The molecule has 2 heterocycles. The van der Waals surface area contributed by atoms with Crippen molar-refractivity contribution in [1.29, 1.82) is 0 Å². The van der Waals surface area contributed by atoms with Crippen LogP contribution in [0.3, 0.4) is 0 Å². The fraction of sp³-hybridized carbons (Fsp3) is 0.583. The highest BCUT2D eigenvalue weighted by molar-refractivity contribution is 5.99. The Kier molecular flexibility index (Phi) is 3.84. The maximum Gasteiger partial charge on any atom is 0.376 e. The van der Waals surface area contributed by atoms with E-state index in [1.165, 1.54) is 14.2 Å². The molecule has 1 saturated heterocycles. The van der Waals surface area contributed by atoms with Crippen LogP contribution in [0.15, 0.2) is 4.42 Å². The molecule has 19 heavy (non-hydrogen) atoms. The first-order valence-corrected chi connectivity index (χ1v) is 5.85. The number of methoxy groups -OCH3 is 2. The third kappa shape index (κ3) is 2.60. The van der Waals surface area contributed by atoms with Crippen LogP contribution in [0.1, 0.15) is 46.2 Å². The first-order valence-electron chi connectivity index (χ1n) is 5.85. The zero-order valence-electron chi connectivity index (χ0n) is 11.0. The molecule has 0 bridgehead atoms. The average Bonchev–Trinajstić information content (AvgIpc) is 3.02. The number of carbonyl (C=O) groups excluding carboxylic acids is 2. The molecule has 7 heteroatoms. The predicted octanol–water partition coefficient (Wildman–Crippen LogP) is 1.14. The van der Waals surface area contributed by atoms with Gasteiger partial charge in [-0.05, 0) is 13.3 Å². The van der Waals surface area contributed by atoms with Crippen LogP contribution in [-0.4, -0.2) is 43.9 Å². The summed E-state index contributed by atoms with van der Waals surface area (Å²) in [4.78, 5) is 27.2. The minimum Gasteiger partial charge on any atom is -0.464 e. The molecule has 0 aromatic carbocycles. The fourth-order valence-electron chi connectivity index (χ4n) is 1.97. The van der Waals surface area contributed by atoms with Crippen molar-refractivity contribution in [2.24, 2.45) is 0 Å². The van der Waals surface area contributed by atoms with Gasteiger partial charge < -0.3 is 18.6 Å². The molecule has 1 fully saturated rings. The molecule has 0 saturated carbocycles. The van der Waals surface area contributed by atoms with Gasteiger partial charge in [0, 0.05) is 0 Å². The van der Waals surface area contributed by atoms with E-state index in [0.29, 0.717) is 12.5 Å². The van der Waals surface area contributed by atoms with E-state index in [-0.39, 0.29) is 23.5 Å². The molecule has 1 aromatic heterocycles. The molecule has 1 aliphatic rings. The zero-order valence-corrected chi connectivity index (χ0v) is 11.0. The first kappa shape index (κ1) is 13.5. The summed E-state index contributed by atoms with van der Waals surface area (Å²) in [6.45, 7) is 2.38. The van der Waals surface area contributed by atoms with Gasteiger partial charge in [-0.2, -0.15) is 0 Å². The van der Waals surface area contributed by atoms with Crippen LogP contribution >= 0.6 is 0 Å². The summed E-state index contributed by atoms with van der Waals surface area (Å²) in [6, 6.07) is 0. The minimum atomic E-state index is -0.758. The Morgan fingerprint density at radius 3 is 2.47 bits per heavy atom. The predicted molar refractivity (Wildman–Crippen MR) is 62.0 cm³/mol. The molecule has 2 atom stereocenters. The molecular formula is C12H15NO6. The monoisotopic (exact) mass is 269 g/mol. The summed E-state index contributed by atoms with van der Waals surface area (Å²) in [5.41, 5.74) is -0.163. The highest BCUT2D eigenvalue weighted by Gasteiger charge is 2.33. The van der Waals surface area contributed by atoms with Gasteiger partial charge >= 0.3 is 11.9 Å².